The Hall–Kier alpha value is -2.74. The third-order valence-electron chi connectivity index (χ3n) is 2.46. The normalized spacial score (nSPS) is 10.7. The first-order valence-electron chi connectivity index (χ1n) is 5.38. The molecule has 0 aliphatic heterocycles. The Kier molecular flexibility index (Phi) is 2.92. The quantitative estimate of drug-likeness (QED) is 0.782. The van der Waals surface area contributed by atoms with E-state index in [-0.39, 0.29) is 17.2 Å². The van der Waals surface area contributed by atoms with Crippen molar-refractivity contribution in [2.24, 2.45) is 0 Å². The van der Waals surface area contributed by atoms with Gasteiger partial charge < -0.3 is 9.84 Å². The molecular formula is C11H6ClN5O3. The van der Waals surface area contributed by atoms with Gasteiger partial charge in [0.25, 0.3) is 0 Å². The summed E-state index contributed by atoms with van der Waals surface area (Å²) in [6, 6.07) is 4.28. The van der Waals surface area contributed by atoms with Gasteiger partial charge >= 0.3 is 5.97 Å². The van der Waals surface area contributed by atoms with Gasteiger partial charge in [0.15, 0.2) is 0 Å². The summed E-state index contributed by atoms with van der Waals surface area (Å²) in [6.45, 7) is 0. The molecule has 20 heavy (non-hydrogen) atoms. The molecule has 0 radical (unpaired) electrons. The summed E-state index contributed by atoms with van der Waals surface area (Å²) in [5.41, 5.74) is 0.316. The van der Waals surface area contributed by atoms with E-state index in [1.807, 2.05) is 0 Å². The van der Waals surface area contributed by atoms with Crippen molar-refractivity contribution in [1.29, 1.82) is 0 Å². The fourth-order valence-electron chi connectivity index (χ4n) is 1.59. The maximum Gasteiger partial charge on any atom is 0.339 e. The number of fused-ring (bicyclic) bond motifs is 1. The molecule has 3 rings (SSSR count). The van der Waals surface area contributed by atoms with Crippen molar-refractivity contribution in [3.8, 4) is 11.6 Å². The van der Waals surface area contributed by atoms with Crippen LogP contribution in [0.1, 0.15) is 10.4 Å². The first kappa shape index (κ1) is 12.3. The van der Waals surface area contributed by atoms with Crippen LogP contribution in [-0.2, 0) is 0 Å². The molecule has 9 heteroatoms. The van der Waals surface area contributed by atoms with Gasteiger partial charge in [-0.1, -0.05) is 11.6 Å². The molecular weight excluding hydrogens is 286 g/mol. The van der Waals surface area contributed by atoms with Gasteiger partial charge in [-0.05, 0) is 28.6 Å². The van der Waals surface area contributed by atoms with Gasteiger partial charge in [-0.3, -0.25) is 4.98 Å². The summed E-state index contributed by atoms with van der Waals surface area (Å²) >= 11 is 5.77. The topological polar surface area (TPSA) is 102 Å². The summed E-state index contributed by atoms with van der Waals surface area (Å²) in [5, 5.41) is 20.4. The van der Waals surface area contributed by atoms with Gasteiger partial charge in [-0.15, -0.1) is 5.10 Å². The van der Waals surface area contributed by atoms with Crippen LogP contribution in [0.15, 0.2) is 30.6 Å². The first-order chi connectivity index (χ1) is 9.65. The number of aromatic carboxylic acids is 1. The number of carboxylic acid groups (broad SMARTS) is 1. The Bertz CT molecular complexity index is 804. The Balaban J connectivity index is 2.07. The summed E-state index contributed by atoms with van der Waals surface area (Å²) in [5.74, 6) is -0.844. The highest BCUT2D eigenvalue weighted by molar-refractivity contribution is 6.31. The lowest BCUT2D eigenvalue weighted by molar-refractivity contribution is 0.0694. The molecule has 0 saturated heterocycles. The Morgan fingerprint density at radius 2 is 2.20 bits per heavy atom. The largest absolute Gasteiger partial charge is 0.478 e. The molecule has 1 N–H and O–H groups in total. The monoisotopic (exact) mass is 291 g/mol. The molecule has 0 amide bonds. The van der Waals surface area contributed by atoms with E-state index >= 15 is 0 Å². The highest BCUT2D eigenvalue weighted by Crippen LogP contribution is 2.27. The van der Waals surface area contributed by atoms with Gasteiger partial charge in [-0.25, -0.2) is 4.79 Å². The minimum Gasteiger partial charge on any atom is -0.478 e. The van der Waals surface area contributed by atoms with Gasteiger partial charge in [0, 0.05) is 5.02 Å². The van der Waals surface area contributed by atoms with Crippen molar-refractivity contribution >= 4 is 23.2 Å². The second-order valence-corrected chi connectivity index (χ2v) is 4.18. The number of ether oxygens (including phenoxy) is 1. The molecule has 2 heterocycles. The van der Waals surface area contributed by atoms with E-state index in [1.54, 1.807) is 0 Å². The van der Waals surface area contributed by atoms with Crippen LogP contribution in [0.2, 0.25) is 5.02 Å². The first-order valence-corrected chi connectivity index (χ1v) is 5.76. The van der Waals surface area contributed by atoms with Crippen molar-refractivity contribution in [3.05, 3.63) is 41.2 Å². The number of hydrogen-bond acceptors (Lipinski definition) is 6. The third kappa shape index (κ3) is 2.12. The zero-order valence-corrected chi connectivity index (χ0v) is 10.5. The van der Waals surface area contributed by atoms with Gasteiger partial charge in [0.2, 0.25) is 11.5 Å². The molecule has 0 atom stereocenters. The lowest BCUT2D eigenvalue weighted by Crippen LogP contribution is -2.03. The Labute approximate surface area is 116 Å². The summed E-state index contributed by atoms with van der Waals surface area (Å²) in [4.78, 5) is 15.1. The van der Waals surface area contributed by atoms with Crippen molar-refractivity contribution in [2.75, 3.05) is 0 Å². The van der Waals surface area contributed by atoms with E-state index in [4.69, 9.17) is 21.4 Å². The maximum absolute atomic E-state index is 11.2. The van der Waals surface area contributed by atoms with E-state index in [1.165, 1.54) is 35.1 Å². The van der Waals surface area contributed by atoms with Crippen molar-refractivity contribution in [3.63, 3.8) is 0 Å². The number of hydrogen-bond donors (Lipinski definition) is 1. The van der Waals surface area contributed by atoms with E-state index in [9.17, 15) is 4.79 Å². The van der Waals surface area contributed by atoms with Crippen LogP contribution in [-0.4, -0.2) is 36.1 Å². The predicted molar refractivity (Wildman–Crippen MR) is 67.1 cm³/mol. The maximum atomic E-state index is 11.2. The summed E-state index contributed by atoms with van der Waals surface area (Å²) < 4.78 is 6.81. The molecule has 0 spiro atoms. The lowest BCUT2D eigenvalue weighted by atomic mass is 10.2. The summed E-state index contributed by atoms with van der Waals surface area (Å²) in [6.07, 6.45) is 2.83. The predicted octanol–water partition coefficient (Wildman–Crippen LogP) is 1.66. The van der Waals surface area contributed by atoms with E-state index in [0.717, 1.165) is 0 Å². The van der Waals surface area contributed by atoms with Crippen molar-refractivity contribution < 1.29 is 14.6 Å². The number of tetrazole rings is 1. The fraction of sp³-hybridized carbons (Fsp3) is 0. The molecule has 0 aliphatic rings. The second-order valence-electron chi connectivity index (χ2n) is 3.74. The van der Waals surface area contributed by atoms with Crippen molar-refractivity contribution in [2.45, 2.75) is 0 Å². The minimum atomic E-state index is -1.15. The molecule has 2 aromatic heterocycles. The number of nitrogens with zero attached hydrogens (tertiary/aromatic N) is 5. The van der Waals surface area contributed by atoms with Crippen LogP contribution in [0.5, 0.6) is 11.6 Å². The number of carbonyl (C=O) groups is 1. The molecule has 8 nitrogen and oxygen atoms in total. The van der Waals surface area contributed by atoms with Crippen LogP contribution < -0.4 is 4.74 Å². The Morgan fingerprint density at radius 1 is 1.35 bits per heavy atom. The molecule has 0 unspecified atom stereocenters. The van der Waals surface area contributed by atoms with Gasteiger partial charge in [-0.2, -0.15) is 4.52 Å². The van der Waals surface area contributed by atoms with Crippen LogP contribution in [0.4, 0.5) is 0 Å². The molecule has 0 saturated carbocycles. The number of rotatable bonds is 3. The molecule has 0 bridgehead atoms. The lowest BCUT2D eigenvalue weighted by Gasteiger charge is -2.08. The third-order valence-corrected chi connectivity index (χ3v) is 2.70. The van der Waals surface area contributed by atoms with Crippen LogP contribution in [0.3, 0.4) is 0 Å². The van der Waals surface area contributed by atoms with Crippen LogP contribution in [0.25, 0.3) is 5.65 Å². The van der Waals surface area contributed by atoms with Gasteiger partial charge in [0.05, 0.1) is 12.4 Å². The smallest absolute Gasteiger partial charge is 0.339 e. The van der Waals surface area contributed by atoms with Crippen LogP contribution >= 0.6 is 11.6 Å². The van der Waals surface area contributed by atoms with Crippen molar-refractivity contribution in [1.82, 2.24) is 25.0 Å². The highest BCUT2D eigenvalue weighted by atomic mass is 35.5. The average molecular weight is 292 g/mol. The van der Waals surface area contributed by atoms with Crippen LogP contribution in [0, 0.1) is 0 Å². The summed E-state index contributed by atoms with van der Waals surface area (Å²) in [7, 11) is 0. The molecule has 3 aromatic rings. The number of halogens is 1. The zero-order valence-electron chi connectivity index (χ0n) is 9.76. The fourth-order valence-corrected chi connectivity index (χ4v) is 1.77. The molecule has 0 fully saturated rings. The standard InChI is InChI=1S/C11H6ClN5O3/c12-6-1-2-8(7(3-6)11(18)19)20-10-5-13-4-9-14-15-16-17(9)10/h1-5H,(H,18,19). The molecule has 0 aliphatic carbocycles. The second kappa shape index (κ2) is 4.74. The van der Waals surface area contributed by atoms with E-state index < -0.39 is 5.97 Å². The Morgan fingerprint density at radius 3 is 3.00 bits per heavy atom. The van der Waals surface area contributed by atoms with E-state index in [0.29, 0.717) is 10.7 Å². The van der Waals surface area contributed by atoms with E-state index in [2.05, 4.69) is 20.5 Å². The highest BCUT2D eigenvalue weighted by Gasteiger charge is 2.15. The molecule has 1 aromatic carbocycles. The number of benzene rings is 1. The molecule has 100 valence electrons. The number of aromatic nitrogens is 5. The average Bonchev–Trinajstić information content (AvgIpc) is 2.90. The minimum absolute atomic E-state index is 0.0671. The SMILES string of the molecule is O=C(O)c1cc(Cl)ccc1Oc1cncc2nnnn12. The number of carboxylic acids is 1. The zero-order chi connectivity index (χ0) is 14.1. The van der Waals surface area contributed by atoms with Gasteiger partial charge in [0.1, 0.15) is 11.3 Å².